The first-order valence-electron chi connectivity index (χ1n) is 9.00. The maximum Gasteiger partial charge on any atom is 0.318 e. The van der Waals surface area contributed by atoms with Crippen molar-refractivity contribution >= 4 is 23.8 Å². The molecule has 8 nitrogen and oxygen atoms in total. The third kappa shape index (κ3) is 4.11. The second-order valence-corrected chi connectivity index (χ2v) is 6.88. The van der Waals surface area contributed by atoms with Gasteiger partial charge in [0.2, 0.25) is 6.04 Å². The minimum atomic E-state index is -1.96. The van der Waals surface area contributed by atoms with Gasteiger partial charge in [0.15, 0.2) is 0 Å². The number of hydrogen-bond donors (Lipinski definition) is 1. The molecule has 0 heterocycles. The van der Waals surface area contributed by atoms with Crippen molar-refractivity contribution in [3.8, 4) is 0 Å². The highest BCUT2D eigenvalue weighted by Gasteiger charge is 2.65. The SMILES string of the molecule is CCOC(=O)CC1CC(C(C)=O)(C(=O)O)C(C=Cc2ccccc2)C1[N+](=O)[O-]. The van der Waals surface area contributed by atoms with E-state index in [9.17, 15) is 29.6 Å². The van der Waals surface area contributed by atoms with Crippen molar-refractivity contribution in [2.45, 2.75) is 32.7 Å². The molecular formula is C20H23NO7. The van der Waals surface area contributed by atoms with Crippen molar-refractivity contribution in [3.63, 3.8) is 0 Å². The lowest BCUT2D eigenvalue weighted by atomic mass is 9.73. The van der Waals surface area contributed by atoms with E-state index in [-0.39, 0.29) is 19.4 Å². The summed E-state index contributed by atoms with van der Waals surface area (Å²) in [6.07, 6.45) is 2.40. The number of carboxylic acids is 1. The first kappa shape index (κ1) is 21.3. The minimum absolute atomic E-state index is 0.114. The van der Waals surface area contributed by atoms with E-state index in [1.165, 1.54) is 6.08 Å². The molecule has 1 aliphatic carbocycles. The molecule has 1 aromatic rings. The Hall–Kier alpha value is -3.03. The van der Waals surface area contributed by atoms with Gasteiger partial charge in [-0.2, -0.15) is 0 Å². The van der Waals surface area contributed by atoms with Gasteiger partial charge in [0.1, 0.15) is 11.2 Å². The molecule has 0 saturated heterocycles. The van der Waals surface area contributed by atoms with Crippen LogP contribution < -0.4 is 0 Å². The average molecular weight is 389 g/mol. The van der Waals surface area contributed by atoms with Gasteiger partial charge in [0, 0.05) is 10.8 Å². The van der Waals surface area contributed by atoms with Crippen LogP contribution in [0, 0.1) is 27.4 Å². The van der Waals surface area contributed by atoms with E-state index in [1.807, 2.05) is 0 Å². The number of nitro groups is 1. The van der Waals surface area contributed by atoms with Crippen LogP contribution in [-0.2, 0) is 19.1 Å². The molecule has 2 rings (SSSR count). The molecule has 8 heteroatoms. The summed E-state index contributed by atoms with van der Waals surface area (Å²) in [5.74, 6) is -4.83. The van der Waals surface area contributed by atoms with E-state index in [2.05, 4.69) is 0 Å². The van der Waals surface area contributed by atoms with Crippen LogP contribution in [0.2, 0.25) is 0 Å². The molecule has 1 aromatic carbocycles. The lowest BCUT2D eigenvalue weighted by molar-refractivity contribution is -0.535. The number of ether oxygens (including phenoxy) is 1. The van der Waals surface area contributed by atoms with Crippen LogP contribution in [0.15, 0.2) is 36.4 Å². The number of carbonyl (C=O) groups is 3. The molecule has 0 aliphatic heterocycles. The highest BCUT2D eigenvalue weighted by atomic mass is 16.6. The Balaban J connectivity index is 2.50. The summed E-state index contributed by atoms with van der Waals surface area (Å²) < 4.78 is 4.87. The van der Waals surface area contributed by atoms with Crippen LogP contribution in [0.25, 0.3) is 6.08 Å². The molecule has 1 aliphatic rings. The minimum Gasteiger partial charge on any atom is -0.480 e. The van der Waals surface area contributed by atoms with Crippen LogP contribution >= 0.6 is 0 Å². The van der Waals surface area contributed by atoms with E-state index in [1.54, 1.807) is 43.3 Å². The van der Waals surface area contributed by atoms with Crippen LogP contribution in [0.1, 0.15) is 32.3 Å². The normalized spacial score (nSPS) is 26.9. The zero-order valence-electron chi connectivity index (χ0n) is 15.7. The van der Waals surface area contributed by atoms with Crippen molar-refractivity contribution in [1.29, 1.82) is 0 Å². The first-order valence-corrected chi connectivity index (χ1v) is 9.00. The molecule has 0 radical (unpaired) electrons. The summed E-state index contributed by atoms with van der Waals surface area (Å²) in [7, 11) is 0. The molecule has 1 saturated carbocycles. The van der Waals surface area contributed by atoms with Crippen molar-refractivity contribution in [2.24, 2.45) is 17.3 Å². The van der Waals surface area contributed by atoms with Gasteiger partial charge in [0.05, 0.1) is 18.9 Å². The number of aliphatic carboxylic acids is 1. The second-order valence-electron chi connectivity index (χ2n) is 6.88. The number of carbonyl (C=O) groups excluding carboxylic acids is 2. The van der Waals surface area contributed by atoms with E-state index < -0.39 is 45.9 Å². The van der Waals surface area contributed by atoms with Gasteiger partial charge >= 0.3 is 11.9 Å². The maximum atomic E-state index is 12.4. The van der Waals surface area contributed by atoms with Crippen LogP contribution in [0.5, 0.6) is 0 Å². The summed E-state index contributed by atoms with van der Waals surface area (Å²) >= 11 is 0. The molecule has 4 atom stereocenters. The largest absolute Gasteiger partial charge is 0.480 e. The molecule has 1 fully saturated rings. The summed E-state index contributed by atoms with van der Waals surface area (Å²) in [5, 5.41) is 21.7. The fraction of sp³-hybridized carbons (Fsp3) is 0.450. The van der Waals surface area contributed by atoms with Crippen LogP contribution in [-0.4, -0.2) is 40.4 Å². The van der Waals surface area contributed by atoms with Gasteiger partial charge in [-0.15, -0.1) is 0 Å². The smallest absolute Gasteiger partial charge is 0.318 e. The fourth-order valence-electron chi connectivity index (χ4n) is 4.00. The molecule has 0 bridgehead atoms. The molecular weight excluding hydrogens is 366 g/mol. The van der Waals surface area contributed by atoms with E-state index >= 15 is 0 Å². The Kier molecular flexibility index (Phi) is 6.66. The van der Waals surface area contributed by atoms with Crippen molar-refractivity contribution in [2.75, 3.05) is 6.61 Å². The summed E-state index contributed by atoms with van der Waals surface area (Å²) in [5.41, 5.74) is -1.23. The highest BCUT2D eigenvalue weighted by Crippen LogP contribution is 2.51. The van der Waals surface area contributed by atoms with E-state index in [0.29, 0.717) is 0 Å². The number of hydrogen-bond acceptors (Lipinski definition) is 6. The van der Waals surface area contributed by atoms with Gasteiger partial charge in [-0.3, -0.25) is 24.5 Å². The quantitative estimate of drug-likeness (QED) is 0.314. The molecule has 1 N–H and O–H groups in total. The standard InChI is InChI=1S/C20H23NO7/c1-3-28-17(23)11-15-12-20(13(2)22,19(24)25)16(18(15)21(26)27)10-9-14-7-5-4-6-8-14/h4-10,15-16,18H,3,11-12H2,1-2H3,(H,24,25). The van der Waals surface area contributed by atoms with Gasteiger partial charge < -0.3 is 9.84 Å². The lowest BCUT2D eigenvalue weighted by Crippen LogP contribution is -2.44. The monoisotopic (exact) mass is 389 g/mol. The zero-order valence-corrected chi connectivity index (χ0v) is 15.7. The Labute approximate surface area is 162 Å². The number of nitrogens with zero attached hydrogens (tertiary/aromatic N) is 1. The summed E-state index contributed by atoms with van der Waals surface area (Å²) in [4.78, 5) is 47.7. The Morgan fingerprint density at radius 3 is 2.46 bits per heavy atom. The van der Waals surface area contributed by atoms with Crippen molar-refractivity contribution in [3.05, 3.63) is 52.1 Å². The van der Waals surface area contributed by atoms with Gasteiger partial charge in [-0.05, 0) is 25.8 Å². The van der Waals surface area contributed by atoms with Gasteiger partial charge in [-0.1, -0.05) is 42.5 Å². The van der Waals surface area contributed by atoms with Crippen molar-refractivity contribution < 1.29 is 29.2 Å². The van der Waals surface area contributed by atoms with E-state index in [0.717, 1.165) is 12.5 Å². The zero-order chi connectivity index (χ0) is 20.9. The number of carboxylic acid groups (broad SMARTS) is 1. The summed E-state index contributed by atoms with van der Waals surface area (Å²) in [6.45, 7) is 2.85. The Bertz CT molecular complexity index is 773. The molecule has 4 unspecified atom stereocenters. The van der Waals surface area contributed by atoms with E-state index in [4.69, 9.17) is 4.74 Å². The van der Waals surface area contributed by atoms with Gasteiger partial charge in [0.25, 0.3) is 0 Å². The number of Topliss-reactive ketones (excluding diaryl/α,β-unsaturated/α-hetero) is 1. The third-order valence-electron chi connectivity index (χ3n) is 5.29. The molecule has 150 valence electrons. The number of rotatable bonds is 8. The highest BCUT2D eigenvalue weighted by molar-refractivity contribution is 6.03. The Morgan fingerprint density at radius 1 is 1.32 bits per heavy atom. The lowest BCUT2D eigenvalue weighted by Gasteiger charge is -2.26. The average Bonchev–Trinajstić information content (AvgIpc) is 2.96. The molecule has 28 heavy (non-hydrogen) atoms. The third-order valence-corrected chi connectivity index (χ3v) is 5.29. The fourth-order valence-corrected chi connectivity index (χ4v) is 4.00. The molecule has 0 spiro atoms. The number of esters is 1. The second kappa shape index (κ2) is 8.77. The number of ketones is 1. The Morgan fingerprint density at radius 2 is 1.96 bits per heavy atom. The number of benzene rings is 1. The predicted octanol–water partition coefficient (Wildman–Crippen LogP) is 2.59. The van der Waals surface area contributed by atoms with Crippen molar-refractivity contribution in [1.82, 2.24) is 0 Å². The topological polar surface area (TPSA) is 124 Å². The molecule has 0 amide bonds. The summed E-state index contributed by atoms with van der Waals surface area (Å²) in [6, 6.07) is 7.50. The van der Waals surface area contributed by atoms with Crippen LogP contribution in [0.3, 0.4) is 0 Å². The maximum absolute atomic E-state index is 12.4. The van der Waals surface area contributed by atoms with Gasteiger partial charge in [-0.25, -0.2) is 0 Å². The first-order chi connectivity index (χ1) is 13.2. The molecule has 0 aromatic heterocycles. The van der Waals surface area contributed by atoms with Crippen LogP contribution in [0.4, 0.5) is 0 Å². The predicted molar refractivity (Wildman–Crippen MR) is 99.9 cm³/mol.